The first kappa shape index (κ1) is 24.5. The van der Waals surface area contributed by atoms with E-state index in [1.807, 2.05) is 20.8 Å². The van der Waals surface area contributed by atoms with Crippen molar-refractivity contribution in [1.82, 2.24) is 5.32 Å². The molecule has 2 rings (SSSR count). The summed E-state index contributed by atoms with van der Waals surface area (Å²) in [5, 5.41) is 5.71. The number of hydrogen-bond acceptors (Lipinski definition) is 7. The molecule has 1 amide bonds. The van der Waals surface area contributed by atoms with Gasteiger partial charge in [-0.3, -0.25) is 4.79 Å². The number of benzene rings is 1. The lowest BCUT2D eigenvalue weighted by molar-refractivity contribution is -0.117. The maximum absolute atomic E-state index is 12.8. The highest BCUT2D eigenvalue weighted by Crippen LogP contribution is 2.30. The molecule has 0 aliphatic carbocycles. The fourth-order valence-corrected chi connectivity index (χ4v) is 3.89. The van der Waals surface area contributed by atoms with E-state index < -0.39 is 27.3 Å². The van der Waals surface area contributed by atoms with Gasteiger partial charge in [-0.2, -0.15) is 0 Å². The maximum Gasteiger partial charge on any atom is 0.345 e. The van der Waals surface area contributed by atoms with Crippen molar-refractivity contribution in [2.75, 3.05) is 11.6 Å². The maximum atomic E-state index is 12.8. The molecular formula is C21H25ClN2O6S. The van der Waals surface area contributed by atoms with Crippen LogP contribution in [0.2, 0.25) is 5.02 Å². The van der Waals surface area contributed by atoms with Crippen LogP contribution in [0.3, 0.4) is 0 Å². The molecule has 2 aromatic rings. The van der Waals surface area contributed by atoms with Gasteiger partial charge >= 0.3 is 5.97 Å². The second-order valence-electron chi connectivity index (χ2n) is 7.97. The van der Waals surface area contributed by atoms with Crippen LogP contribution in [0.5, 0.6) is 0 Å². The zero-order valence-electron chi connectivity index (χ0n) is 17.9. The quantitative estimate of drug-likeness (QED) is 0.359. The van der Waals surface area contributed by atoms with E-state index in [0.717, 1.165) is 24.0 Å². The molecule has 0 saturated carbocycles. The molecule has 31 heavy (non-hydrogen) atoms. The smallest absolute Gasteiger partial charge is 0.345 e. The molecule has 0 spiro atoms. The summed E-state index contributed by atoms with van der Waals surface area (Å²) >= 11 is 6.13. The molecule has 10 heteroatoms. The largest absolute Gasteiger partial charge is 0.472 e. The van der Waals surface area contributed by atoms with Crippen molar-refractivity contribution < 1.29 is 27.2 Å². The van der Waals surface area contributed by atoms with E-state index in [2.05, 4.69) is 10.6 Å². The number of furan rings is 1. The highest BCUT2D eigenvalue weighted by atomic mass is 35.5. The van der Waals surface area contributed by atoms with Crippen molar-refractivity contribution in [2.45, 2.75) is 44.7 Å². The molecule has 1 aromatic carbocycles. The van der Waals surface area contributed by atoms with Gasteiger partial charge in [0.25, 0.3) is 0 Å². The zero-order chi connectivity index (χ0) is 23.4. The number of hydrogen-bond donors (Lipinski definition) is 2. The van der Waals surface area contributed by atoms with E-state index in [4.69, 9.17) is 20.8 Å². The number of ether oxygens (including phenoxy) is 1. The summed E-state index contributed by atoms with van der Waals surface area (Å²) in [5.74, 6) is -1.22. The second kappa shape index (κ2) is 9.57. The predicted molar refractivity (Wildman–Crippen MR) is 118 cm³/mol. The summed E-state index contributed by atoms with van der Waals surface area (Å²) < 4.78 is 34.4. The first-order valence-corrected chi connectivity index (χ1v) is 11.5. The van der Waals surface area contributed by atoms with Crippen molar-refractivity contribution in [3.63, 3.8) is 0 Å². The lowest BCUT2D eigenvalue weighted by Gasteiger charge is -2.19. The fraction of sp³-hybridized carbons (Fsp3) is 0.333. The number of carbonyl (C=O) groups is 2. The van der Waals surface area contributed by atoms with Crippen LogP contribution >= 0.6 is 11.6 Å². The monoisotopic (exact) mass is 468 g/mol. The Kier molecular flexibility index (Phi) is 7.56. The number of carbonyl (C=O) groups excluding carboxylic acids is 2. The lowest BCUT2D eigenvalue weighted by atomic mass is 10.1. The van der Waals surface area contributed by atoms with E-state index in [9.17, 15) is 18.0 Å². The van der Waals surface area contributed by atoms with Gasteiger partial charge in [-0.15, -0.1) is 0 Å². The van der Waals surface area contributed by atoms with Crippen LogP contribution in [0.25, 0.3) is 0 Å². The van der Waals surface area contributed by atoms with Crippen LogP contribution in [0, 0.1) is 0 Å². The molecule has 0 atom stereocenters. The summed E-state index contributed by atoms with van der Waals surface area (Å²) in [4.78, 5) is 24.6. The van der Waals surface area contributed by atoms with Crippen molar-refractivity contribution in [1.29, 1.82) is 0 Å². The molecule has 8 nitrogen and oxygen atoms in total. The highest BCUT2D eigenvalue weighted by Gasteiger charge is 2.22. The zero-order valence-corrected chi connectivity index (χ0v) is 19.5. The molecule has 0 saturated heterocycles. The number of anilines is 1. The number of allylic oxidation sites excluding steroid dienone is 1. The summed E-state index contributed by atoms with van der Waals surface area (Å²) in [6.07, 6.45) is 5.17. The van der Waals surface area contributed by atoms with Gasteiger partial charge in [-0.05, 0) is 45.9 Å². The molecule has 0 bridgehead atoms. The molecule has 2 N–H and O–H groups in total. The van der Waals surface area contributed by atoms with Crippen LogP contribution in [0.1, 0.15) is 43.6 Å². The minimum Gasteiger partial charge on any atom is -0.472 e. The first-order chi connectivity index (χ1) is 14.3. The van der Waals surface area contributed by atoms with Gasteiger partial charge in [-0.25, -0.2) is 13.2 Å². The van der Waals surface area contributed by atoms with Gasteiger partial charge in [0.1, 0.15) is 5.76 Å². The van der Waals surface area contributed by atoms with Crippen molar-refractivity contribution in [2.24, 2.45) is 0 Å². The van der Waals surface area contributed by atoms with Gasteiger partial charge in [0.05, 0.1) is 33.7 Å². The Morgan fingerprint density at radius 2 is 1.94 bits per heavy atom. The number of rotatable bonds is 7. The van der Waals surface area contributed by atoms with E-state index in [-0.39, 0.29) is 26.9 Å². The Hall–Kier alpha value is -2.78. The minimum absolute atomic E-state index is 0.0365. The van der Waals surface area contributed by atoms with E-state index >= 15 is 0 Å². The molecular weight excluding hydrogens is 444 g/mol. The second-order valence-corrected chi connectivity index (χ2v) is 10.4. The van der Waals surface area contributed by atoms with Crippen LogP contribution in [0.15, 0.2) is 51.9 Å². The molecule has 1 aromatic heterocycles. The van der Waals surface area contributed by atoms with Crippen LogP contribution in [0.4, 0.5) is 5.69 Å². The van der Waals surface area contributed by atoms with E-state index in [1.54, 1.807) is 6.07 Å². The standard InChI is InChI=1S/C21H25ClN2O6S/c1-13(8-19(25)24-21(2,3)4)30-20(26)15-9-18(31(5,27)28)16(22)10-17(15)23-11-14-6-7-29-12-14/h6-10,12,23H,11H2,1-5H3,(H,24,25). The Balaban J connectivity index is 2.34. The fourth-order valence-electron chi connectivity index (χ4n) is 2.56. The van der Waals surface area contributed by atoms with Gasteiger partial charge < -0.3 is 19.8 Å². The summed E-state index contributed by atoms with van der Waals surface area (Å²) in [6.45, 7) is 7.20. The highest BCUT2D eigenvalue weighted by molar-refractivity contribution is 7.90. The van der Waals surface area contributed by atoms with E-state index in [0.29, 0.717) is 6.54 Å². The molecule has 0 aliphatic rings. The summed E-state index contributed by atoms with van der Waals surface area (Å²) in [5.41, 5.74) is 0.577. The van der Waals surface area contributed by atoms with Crippen LogP contribution in [-0.2, 0) is 25.9 Å². The minimum atomic E-state index is -3.69. The van der Waals surface area contributed by atoms with Crippen molar-refractivity contribution in [3.05, 3.63) is 58.7 Å². The summed E-state index contributed by atoms with van der Waals surface area (Å²) in [7, 11) is -3.69. The van der Waals surface area contributed by atoms with Gasteiger partial charge in [0.2, 0.25) is 5.91 Å². The molecule has 0 aliphatic heterocycles. The molecule has 0 radical (unpaired) electrons. The Morgan fingerprint density at radius 1 is 1.26 bits per heavy atom. The SMILES string of the molecule is CC(=CC(=O)NC(C)(C)C)OC(=O)c1cc(S(C)(=O)=O)c(Cl)cc1NCc1ccoc1. The molecule has 0 fully saturated rings. The number of esters is 1. The molecule has 0 unspecified atom stereocenters. The first-order valence-electron chi connectivity index (χ1n) is 9.27. The number of nitrogens with one attached hydrogen (secondary N) is 2. The van der Waals surface area contributed by atoms with Gasteiger partial charge in [-0.1, -0.05) is 11.6 Å². The number of sulfone groups is 1. The lowest BCUT2D eigenvalue weighted by Crippen LogP contribution is -2.39. The molecule has 1 heterocycles. The van der Waals surface area contributed by atoms with Gasteiger partial charge in [0, 0.05) is 30.0 Å². The van der Waals surface area contributed by atoms with Crippen LogP contribution in [-0.4, -0.2) is 32.1 Å². The van der Waals surface area contributed by atoms with Crippen molar-refractivity contribution >= 4 is 39.0 Å². The summed E-state index contributed by atoms with van der Waals surface area (Å²) in [6, 6.07) is 4.23. The Labute approximate surface area is 186 Å². The molecule has 168 valence electrons. The normalized spacial score (nSPS) is 12.4. The third-order valence-corrected chi connectivity index (χ3v) is 5.40. The van der Waals surface area contributed by atoms with Gasteiger partial charge in [0.15, 0.2) is 9.84 Å². The third-order valence-electron chi connectivity index (χ3n) is 3.84. The average molecular weight is 469 g/mol. The predicted octanol–water partition coefficient (Wildman–Crippen LogP) is 3.92. The number of halogens is 1. The Morgan fingerprint density at radius 3 is 2.48 bits per heavy atom. The van der Waals surface area contributed by atoms with Crippen molar-refractivity contribution in [3.8, 4) is 0 Å². The average Bonchev–Trinajstić information content (AvgIpc) is 3.10. The topological polar surface area (TPSA) is 115 Å². The number of amides is 1. The van der Waals surface area contributed by atoms with Crippen LogP contribution < -0.4 is 10.6 Å². The van der Waals surface area contributed by atoms with E-state index in [1.165, 1.54) is 25.5 Å². The third kappa shape index (κ3) is 7.45. The Bertz CT molecular complexity index is 1100.